The van der Waals surface area contributed by atoms with E-state index in [1.165, 1.54) is 24.3 Å². The number of sulfone groups is 1. The van der Waals surface area contributed by atoms with Crippen molar-refractivity contribution >= 4 is 21.4 Å². The molecule has 4 nitrogen and oxygen atoms in total. The van der Waals surface area contributed by atoms with Crippen LogP contribution in [0.2, 0.25) is 0 Å². The van der Waals surface area contributed by atoms with Crippen molar-refractivity contribution in [2.24, 2.45) is 0 Å². The average molecular weight is 397 g/mol. The SMILES string of the molecule is O=C(Nc1cccc(S(=O)(=O)C2CCCC2)c1)c1ccc(C(F)(F)F)cc1. The Kier molecular flexibility index (Phi) is 5.28. The lowest BCUT2D eigenvalue weighted by Crippen LogP contribution is -2.18. The second-order valence-corrected chi connectivity index (χ2v) is 8.74. The lowest BCUT2D eigenvalue weighted by atomic mass is 10.1. The summed E-state index contributed by atoms with van der Waals surface area (Å²) < 4.78 is 63.1. The largest absolute Gasteiger partial charge is 0.416 e. The number of carbonyl (C=O) groups excluding carboxylic acids is 1. The normalized spacial score (nSPS) is 15.7. The van der Waals surface area contributed by atoms with Gasteiger partial charge >= 0.3 is 6.18 Å². The number of carbonyl (C=O) groups is 1. The quantitative estimate of drug-likeness (QED) is 0.815. The molecular weight excluding hydrogens is 379 g/mol. The summed E-state index contributed by atoms with van der Waals surface area (Å²) in [6.45, 7) is 0. The third-order valence-electron chi connectivity index (χ3n) is 4.64. The Bertz CT molecular complexity index is 931. The third kappa shape index (κ3) is 4.32. The molecule has 27 heavy (non-hydrogen) atoms. The topological polar surface area (TPSA) is 63.2 Å². The van der Waals surface area contributed by atoms with Crippen LogP contribution in [0.15, 0.2) is 53.4 Å². The zero-order valence-corrected chi connectivity index (χ0v) is 15.1. The zero-order valence-electron chi connectivity index (χ0n) is 14.3. The Morgan fingerprint density at radius 1 is 1.00 bits per heavy atom. The Hall–Kier alpha value is -2.35. The van der Waals surface area contributed by atoms with Gasteiger partial charge in [-0.25, -0.2) is 8.42 Å². The molecule has 0 atom stereocenters. The number of hydrogen-bond acceptors (Lipinski definition) is 3. The molecule has 1 fully saturated rings. The van der Waals surface area contributed by atoms with Crippen LogP contribution in [0.3, 0.4) is 0 Å². The monoisotopic (exact) mass is 397 g/mol. The summed E-state index contributed by atoms with van der Waals surface area (Å²) in [5.74, 6) is -0.612. The number of benzene rings is 2. The predicted molar refractivity (Wildman–Crippen MR) is 95.3 cm³/mol. The molecule has 1 aliphatic rings. The van der Waals surface area contributed by atoms with E-state index in [-0.39, 0.29) is 16.1 Å². The third-order valence-corrected chi connectivity index (χ3v) is 6.90. The van der Waals surface area contributed by atoms with Crippen LogP contribution in [0.5, 0.6) is 0 Å². The van der Waals surface area contributed by atoms with Gasteiger partial charge < -0.3 is 5.32 Å². The Morgan fingerprint density at radius 3 is 2.22 bits per heavy atom. The van der Waals surface area contributed by atoms with Gasteiger partial charge in [0.1, 0.15) is 0 Å². The Balaban J connectivity index is 1.77. The fraction of sp³-hybridized carbons (Fsp3) is 0.316. The highest BCUT2D eigenvalue weighted by Crippen LogP contribution is 2.31. The molecule has 1 amide bonds. The van der Waals surface area contributed by atoms with E-state index in [9.17, 15) is 26.4 Å². The number of amides is 1. The molecular formula is C19H18F3NO3S. The van der Waals surface area contributed by atoms with Gasteiger partial charge in [0, 0.05) is 11.3 Å². The van der Waals surface area contributed by atoms with Gasteiger partial charge in [-0.05, 0) is 55.3 Å². The number of nitrogens with one attached hydrogen (secondary N) is 1. The van der Waals surface area contributed by atoms with Crippen molar-refractivity contribution < 1.29 is 26.4 Å². The van der Waals surface area contributed by atoms with Crippen LogP contribution in [-0.2, 0) is 16.0 Å². The first-order chi connectivity index (χ1) is 12.7. The van der Waals surface area contributed by atoms with Crippen molar-refractivity contribution in [2.75, 3.05) is 5.32 Å². The molecule has 2 aromatic carbocycles. The Morgan fingerprint density at radius 2 is 1.63 bits per heavy atom. The zero-order chi connectivity index (χ0) is 19.7. The minimum absolute atomic E-state index is 0.0482. The first-order valence-corrected chi connectivity index (χ1v) is 10.0. The Labute approximate surface area is 155 Å². The first kappa shape index (κ1) is 19.4. The molecule has 2 aromatic rings. The van der Waals surface area contributed by atoms with Gasteiger partial charge in [0.25, 0.3) is 5.91 Å². The predicted octanol–water partition coefficient (Wildman–Crippen LogP) is 4.67. The summed E-state index contributed by atoms with van der Waals surface area (Å²) in [4.78, 5) is 12.4. The number of halogens is 3. The minimum atomic E-state index is -4.47. The van der Waals surface area contributed by atoms with Gasteiger partial charge in [-0.15, -0.1) is 0 Å². The highest BCUT2D eigenvalue weighted by atomic mass is 32.2. The summed E-state index contributed by atoms with van der Waals surface area (Å²) >= 11 is 0. The molecule has 0 bridgehead atoms. The van der Waals surface area contributed by atoms with E-state index in [0.717, 1.165) is 37.1 Å². The summed E-state index contributed by atoms with van der Waals surface area (Å²) in [7, 11) is -3.46. The molecule has 8 heteroatoms. The van der Waals surface area contributed by atoms with Crippen LogP contribution in [0.25, 0.3) is 0 Å². The minimum Gasteiger partial charge on any atom is -0.322 e. The van der Waals surface area contributed by atoms with Gasteiger partial charge in [0.2, 0.25) is 0 Å². The van der Waals surface area contributed by atoms with Gasteiger partial charge in [0.15, 0.2) is 9.84 Å². The molecule has 0 heterocycles. The van der Waals surface area contributed by atoms with Crippen LogP contribution >= 0.6 is 0 Å². The van der Waals surface area contributed by atoms with E-state index in [4.69, 9.17) is 0 Å². The van der Waals surface area contributed by atoms with Crippen molar-refractivity contribution in [1.29, 1.82) is 0 Å². The smallest absolute Gasteiger partial charge is 0.322 e. The molecule has 1 aliphatic carbocycles. The van der Waals surface area contributed by atoms with E-state index in [1.54, 1.807) is 0 Å². The first-order valence-electron chi connectivity index (χ1n) is 8.50. The van der Waals surface area contributed by atoms with E-state index >= 15 is 0 Å². The summed E-state index contributed by atoms with van der Waals surface area (Å²) in [6, 6.07) is 9.76. The standard InChI is InChI=1S/C19H18F3NO3S/c20-19(21,22)14-10-8-13(9-11-14)18(24)23-15-4-3-7-17(12-15)27(25,26)16-5-1-2-6-16/h3-4,7-12,16H,1-2,5-6H2,(H,23,24). The van der Waals surface area contributed by atoms with Gasteiger partial charge in [0.05, 0.1) is 15.7 Å². The average Bonchev–Trinajstić information content (AvgIpc) is 3.17. The highest BCUT2D eigenvalue weighted by Gasteiger charge is 2.31. The molecule has 0 spiro atoms. The summed E-state index contributed by atoms with van der Waals surface area (Å²) in [5.41, 5.74) is -0.519. The second kappa shape index (κ2) is 7.34. The van der Waals surface area contributed by atoms with E-state index < -0.39 is 32.7 Å². The lowest BCUT2D eigenvalue weighted by Gasteiger charge is -2.13. The summed E-state index contributed by atoms with van der Waals surface area (Å²) in [6.07, 6.45) is -1.45. The van der Waals surface area contributed by atoms with E-state index in [0.29, 0.717) is 12.8 Å². The maximum Gasteiger partial charge on any atom is 0.416 e. The maximum absolute atomic E-state index is 12.7. The number of hydrogen-bond donors (Lipinski definition) is 1. The van der Waals surface area contributed by atoms with Crippen molar-refractivity contribution in [3.8, 4) is 0 Å². The molecule has 1 N–H and O–H groups in total. The molecule has 144 valence electrons. The second-order valence-electron chi connectivity index (χ2n) is 6.51. The molecule has 1 saturated carbocycles. The van der Waals surface area contributed by atoms with Crippen LogP contribution in [0.1, 0.15) is 41.6 Å². The highest BCUT2D eigenvalue weighted by molar-refractivity contribution is 7.92. The van der Waals surface area contributed by atoms with Crippen LogP contribution in [0.4, 0.5) is 18.9 Å². The van der Waals surface area contributed by atoms with Gasteiger partial charge in [-0.1, -0.05) is 18.9 Å². The molecule has 0 saturated heterocycles. The molecule has 0 radical (unpaired) electrons. The number of rotatable bonds is 4. The fourth-order valence-electron chi connectivity index (χ4n) is 3.16. The van der Waals surface area contributed by atoms with Crippen LogP contribution in [-0.4, -0.2) is 19.6 Å². The van der Waals surface area contributed by atoms with Crippen molar-refractivity contribution in [1.82, 2.24) is 0 Å². The van der Waals surface area contributed by atoms with Crippen LogP contribution in [0, 0.1) is 0 Å². The maximum atomic E-state index is 12.7. The number of alkyl halides is 3. The number of anilines is 1. The van der Waals surface area contributed by atoms with Crippen molar-refractivity contribution in [3.05, 3.63) is 59.7 Å². The molecule has 0 unspecified atom stereocenters. The molecule has 3 rings (SSSR count). The fourth-order valence-corrected chi connectivity index (χ4v) is 5.05. The molecule has 0 aromatic heterocycles. The van der Waals surface area contributed by atoms with Gasteiger partial charge in [-0.2, -0.15) is 13.2 Å². The molecule has 0 aliphatic heterocycles. The van der Waals surface area contributed by atoms with Gasteiger partial charge in [-0.3, -0.25) is 4.79 Å². The van der Waals surface area contributed by atoms with Crippen LogP contribution < -0.4 is 5.32 Å². The van der Waals surface area contributed by atoms with E-state index in [1.807, 2.05) is 0 Å². The lowest BCUT2D eigenvalue weighted by molar-refractivity contribution is -0.137. The summed E-state index contributed by atoms with van der Waals surface area (Å²) in [5, 5.41) is 2.13. The van der Waals surface area contributed by atoms with E-state index in [2.05, 4.69) is 5.32 Å². The van der Waals surface area contributed by atoms with Crippen molar-refractivity contribution in [3.63, 3.8) is 0 Å². The van der Waals surface area contributed by atoms with Crippen molar-refractivity contribution in [2.45, 2.75) is 42.0 Å².